The summed E-state index contributed by atoms with van der Waals surface area (Å²) in [6, 6.07) is 7.74. The number of nitro benzene ring substituents is 1. The Labute approximate surface area is 142 Å². The molecule has 1 aliphatic rings. The quantitative estimate of drug-likeness (QED) is 0.513. The number of hydrogen-bond acceptors (Lipinski definition) is 7. The highest BCUT2D eigenvalue weighted by Gasteiger charge is 2.34. The molecule has 124 valence electrons. The Balaban J connectivity index is 1.77. The number of non-ortho nitro benzene ring substituents is 1. The van der Waals surface area contributed by atoms with Crippen molar-refractivity contribution in [2.45, 2.75) is 23.8 Å². The lowest BCUT2D eigenvalue weighted by Crippen LogP contribution is -2.28. The highest BCUT2D eigenvalue weighted by molar-refractivity contribution is 8.00. The lowest BCUT2D eigenvalue weighted by molar-refractivity contribution is -0.384. The third kappa shape index (κ3) is 3.30. The number of nitrogen functional groups attached to an aromatic ring is 1. The molecule has 1 amide bonds. The van der Waals surface area contributed by atoms with E-state index in [2.05, 4.69) is 9.97 Å². The molecule has 1 unspecified atom stereocenters. The Morgan fingerprint density at radius 3 is 2.88 bits per heavy atom. The van der Waals surface area contributed by atoms with Crippen LogP contribution in [0.4, 0.5) is 17.2 Å². The van der Waals surface area contributed by atoms with Gasteiger partial charge in [-0.15, -0.1) is 0 Å². The van der Waals surface area contributed by atoms with Crippen LogP contribution in [0.2, 0.25) is 0 Å². The summed E-state index contributed by atoms with van der Waals surface area (Å²) >= 11 is 1.27. The van der Waals surface area contributed by atoms with E-state index in [-0.39, 0.29) is 16.8 Å². The number of rotatable bonds is 4. The number of aromatic nitrogens is 2. The SMILES string of the molecule is Cc1cc(N)nc(SC2CCN(c3cccc([N+](=O)[O-])c3)C2=O)n1. The van der Waals surface area contributed by atoms with Crippen LogP contribution in [0.5, 0.6) is 0 Å². The van der Waals surface area contributed by atoms with Gasteiger partial charge >= 0.3 is 0 Å². The molecule has 1 aliphatic heterocycles. The topological polar surface area (TPSA) is 115 Å². The van der Waals surface area contributed by atoms with Gasteiger partial charge in [-0.1, -0.05) is 17.8 Å². The number of aryl methyl sites for hydroxylation is 1. The van der Waals surface area contributed by atoms with Crippen molar-refractivity contribution in [1.29, 1.82) is 0 Å². The number of benzene rings is 1. The van der Waals surface area contributed by atoms with Gasteiger partial charge in [0.1, 0.15) is 5.82 Å². The maximum atomic E-state index is 12.6. The first-order chi connectivity index (χ1) is 11.4. The summed E-state index contributed by atoms with van der Waals surface area (Å²) in [5.41, 5.74) is 6.94. The molecule has 0 saturated carbocycles. The number of amides is 1. The summed E-state index contributed by atoms with van der Waals surface area (Å²) in [4.78, 5) is 33.0. The molecule has 1 aromatic heterocycles. The van der Waals surface area contributed by atoms with Crippen LogP contribution in [-0.4, -0.2) is 32.6 Å². The van der Waals surface area contributed by atoms with Crippen LogP contribution >= 0.6 is 11.8 Å². The number of hydrogen-bond donors (Lipinski definition) is 1. The maximum absolute atomic E-state index is 12.6. The van der Waals surface area contributed by atoms with E-state index in [0.717, 1.165) is 5.69 Å². The molecule has 0 radical (unpaired) electrons. The fourth-order valence-electron chi connectivity index (χ4n) is 2.54. The van der Waals surface area contributed by atoms with Gasteiger partial charge in [-0.05, 0) is 19.4 Å². The third-order valence-electron chi connectivity index (χ3n) is 3.61. The lowest BCUT2D eigenvalue weighted by Gasteiger charge is -2.16. The van der Waals surface area contributed by atoms with Crippen molar-refractivity contribution in [3.63, 3.8) is 0 Å². The molecule has 0 spiro atoms. The van der Waals surface area contributed by atoms with Crippen molar-refractivity contribution < 1.29 is 9.72 Å². The Kier molecular flexibility index (Phi) is 4.34. The minimum absolute atomic E-state index is 0.0359. The number of nitrogens with zero attached hydrogens (tertiary/aromatic N) is 4. The van der Waals surface area contributed by atoms with Gasteiger partial charge in [0.05, 0.1) is 15.9 Å². The number of anilines is 2. The van der Waals surface area contributed by atoms with Gasteiger partial charge in [0.2, 0.25) is 5.91 Å². The van der Waals surface area contributed by atoms with Gasteiger partial charge < -0.3 is 10.6 Å². The second-order valence-electron chi connectivity index (χ2n) is 5.38. The number of carbonyl (C=O) groups excluding carboxylic acids is 1. The zero-order valence-electron chi connectivity index (χ0n) is 12.9. The van der Waals surface area contributed by atoms with Gasteiger partial charge in [0.15, 0.2) is 5.16 Å². The predicted molar refractivity (Wildman–Crippen MR) is 90.9 cm³/mol. The van der Waals surface area contributed by atoms with Crippen molar-refractivity contribution in [2.24, 2.45) is 0 Å². The van der Waals surface area contributed by atoms with Crippen LogP contribution in [0.15, 0.2) is 35.5 Å². The Morgan fingerprint density at radius 1 is 1.38 bits per heavy atom. The number of carbonyl (C=O) groups is 1. The molecular formula is C15H15N5O3S. The summed E-state index contributed by atoms with van der Waals surface area (Å²) < 4.78 is 0. The van der Waals surface area contributed by atoms with E-state index >= 15 is 0 Å². The zero-order chi connectivity index (χ0) is 17.3. The summed E-state index contributed by atoms with van der Waals surface area (Å²) in [6.45, 7) is 2.31. The van der Waals surface area contributed by atoms with E-state index in [0.29, 0.717) is 29.6 Å². The molecular weight excluding hydrogens is 330 g/mol. The Morgan fingerprint density at radius 2 is 2.17 bits per heavy atom. The van der Waals surface area contributed by atoms with Crippen LogP contribution < -0.4 is 10.6 Å². The molecule has 2 N–H and O–H groups in total. The van der Waals surface area contributed by atoms with Gasteiger partial charge in [-0.3, -0.25) is 14.9 Å². The van der Waals surface area contributed by atoms with Gasteiger partial charge in [-0.25, -0.2) is 9.97 Å². The van der Waals surface area contributed by atoms with Crippen molar-refractivity contribution in [2.75, 3.05) is 17.2 Å². The van der Waals surface area contributed by atoms with E-state index in [1.165, 1.54) is 23.9 Å². The molecule has 0 aliphatic carbocycles. The van der Waals surface area contributed by atoms with Crippen LogP contribution in [0, 0.1) is 17.0 Å². The number of nitrogens with two attached hydrogens (primary N) is 1. The maximum Gasteiger partial charge on any atom is 0.271 e. The third-order valence-corrected chi connectivity index (χ3v) is 4.73. The molecule has 9 heteroatoms. The summed E-state index contributed by atoms with van der Waals surface area (Å²) in [5.74, 6) is 0.259. The molecule has 2 heterocycles. The summed E-state index contributed by atoms with van der Waals surface area (Å²) in [6.07, 6.45) is 0.614. The van der Waals surface area contributed by atoms with Crippen LogP contribution in [0.3, 0.4) is 0 Å². The second kappa shape index (κ2) is 6.44. The highest BCUT2D eigenvalue weighted by atomic mass is 32.2. The van der Waals surface area contributed by atoms with Crippen LogP contribution in [0.1, 0.15) is 12.1 Å². The van der Waals surface area contributed by atoms with Crippen molar-refractivity contribution in [3.05, 3.63) is 46.1 Å². The minimum Gasteiger partial charge on any atom is -0.384 e. The average molecular weight is 345 g/mol. The molecule has 1 saturated heterocycles. The zero-order valence-corrected chi connectivity index (χ0v) is 13.7. The first-order valence-electron chi connectivity index (χ1n) is 7.27. The van der Waals surface area contributed by atoms with Crippen molar-refractivity contribution in [3.8, 4) is 0 Å². The normalized spacial score (nSPS) is 17.3. The second-order valence-corrected chi connectivity index (χ2v) is 6.55. The molecule has 1 aromatic carbocycles. The Bertz CT molecular complexity index is 793. The van der Waals surface area contributed by atoms with Crippen molar-refractivity contribution >= 4 is 34.9 Å². The monoisotopic (exact) mass is 345 g/mol. The fourth-order valence-corrected chi connectivity index (χ4v) is 3.60. The smallest absolute Gasteiger partial charge is 0.271 e. The lowest BCUT2D eigenvalue weighted by atomic mass is 10.2. The van der Waals surface area contributed by atoms with Gasteiger partial charge in [0, 0.05) is 30.4 Å². The molecule has 3 rings (SSSR count). The van der Waals surface area contributed by atoms with Crippen LogP contribution in [0.25, 0.3) is 0 Å². The Hall–Kier alpha value is -2.68. The first kappa shape index (κ1) is 16.2. The first-order valence-corrected chi connectivity index (χ1v) is 8.15. The van der Waals surface area contributed by atoms with E-state index < -0.39 is 4.92 Å². The highest BCUT2D eigenvalue weighted by Crippen LogP contribution is 2.33. The standard InChI is InChI=1S/C15H15N5O3S/c1-9-7-13(16)18-15(17-9)24-12-5-6-19(14(12)21)10-3-2-4-11(8-10)20(22)23/h2-4,7-8,12H,5-6H2,1H3,(H2,16,17,18). The van der Waals surface area contributed by atoms with Gasteiger partial charge in [-0.2, -0.15) is 0 Å². The fraction of sp³-hybridized carbons (Fsp3) is 0.267. The molecule has 1 fully saturated rings. The molecule has 0 bridgehead atoms. The van der Waals surface area contributed by atoms with E-state index in [9.17, 15) is 14.9 Å². The molecule has 24 heavy (non-hydrogen) atoms. The predicted octanol–water partition coefficient (Wildman–Crippen LogP) is 2.17. The van der Waals surface area contributed by atoms with E-state index in [4.69, 9.17) is 5.73 Å². The largest absolute Gasteiger partial charge is 0.384 e. The summed E-state index contributed by atoms with van der Waals surface area (Å²) in [7, 11) is 0. The average Bonchev–Trinajstić information content (AvgIpc) is 2.87. The van der Waals surface area contributed by atoms with Crippen LogP contribution in [-0.2, 0) is 4.79 Å². The van der Waals surface area contributed by atoms with Crippen molar-refractivity contribution in [1.82, 2.24) is 9.97 Å². The minimum atomic E-state index is -0.473. The van der Waals surface area contributed by atoms with Gasteiger partial charge in [0.25, 0.3) is 5.69 Å². The molecule has 2 aromatic rings. The molecule has 8 nitrogen and oxygen atoms in total. The number of nitro groups is 1. The molecule has 1 atom stereocenters. The van der Waals surface area contributed by atoms with E-state index in [1.54, 1.807) is 23.1 Å². The number of thioether (sulfide) groups is 1. The summed E-state index contributed by atoms with van der Waals surface area (Å²) in [5, 5.41) is 11.0. The van der Waals surface area contributed by atoms with E-state index in [1.807, 2.05) is 6.92 Å².